The summed E-state index contributed by atoms with van der Waals surface area (Å²) in [6, 6.07) is 0. The first-order valence-corrected chi connectivity index (χ1v) is 5.37. The number of nitrogens with two attached hydrogens (primary N) is 1. The molecule has 1 rings (SSSR count). The van der Waals surface area contributed by atoms with Gasteiger partial charge in [-0.3, -0.25) is 0 Å². The second-order valence-electron chi connectivity index (χ2n) is 2.70. The molecule has 1 aromatic heterocycles. The smallest absolute Gasteiger partial charge is 0.270 e. The Labute approximate surface area is 89.1 Å². The minimum absolute atomic E-state index is 0.449. The Morgan fingerprint density at radius 2 is 2.06 bits per heavy atom. The molecule has 0 aliphatic carbocycles. The van der Waals surface area contributed by atoms with Crippen LogP contribution in [0, 0.1) is 5.82 Å². The fourth-order valence-corrected chi connectivity index (χ4v) is 1.78. The minimum Gasteiger partial charge on any atom is -0.493 e. The van der Waals surface area contributed by atoms with Crippen LogP contribution in [0.15, 0.2) is 11.2 Å². The Bertz CT molecular complexity index is 504. The number of aromatic nitrogens is 1. The van der Waals surface area contributed by atoms with E-state index >= 15 is 0 Å². The van der Waals surface area contributed by atoms with E-state index in [1.165, 1.54) is 0 Å². The van der Waals surface area contributed by atoms with Gasteiger partial charge in [0.05, 0.1) is 13.3 Å². The molecule has 0 bridgehead atoms. The molecule has 0 atom stereocenters. The number of rotatable bonds is 3. The van der Waals surface area contributed by atoms with Crippen LogP contribution in [0.2, 0.25) is 0 Å². The van der Waals surface area contributed by atoms with Crippen molar-refractivity contribution in [2.24, 2.45) is 5.14 Å². The number of alkyl halides is 2. The molecule has 0 amide bonds. The van der Waals surface area contributed by atoms with Crippen molar-refractivity contribution >= 4 is 10.0 Å². The van der Waals surface area contributed by atoms with Crippen molar-refractivity contribution in [2.75, 3.05) is 7.11 Å². The van der Waals surface area contributed by atoms with Crippen molar-refractivity contribution in [2.45, 2.75) is 11.5 Å². The number of ether oxygens (including phenoxy) is 1. The molecule has 9 heteroatoms. The standard InChI is InChI=1S/C7H7F3N2O3S/c1-15-5-3(8)2-12-7(16(11,13)14)4(5)6(9)10/h2,6H,1H3,(H2,11,13,14). The van der Waals surface area contributed by atoms with Gasteiger partial charge in [0, 0.05) is 0 Å². The van der Waals surface area contributed by atoms with E-state index in [2.05, 4.69) is 14.9 Å². The molecular formula is C7H7F3N2O3S. The molecule has 1 aromatic rings. The zero-order valence-corrected chi connectivity index (χ0v) is 8.76. The second kappa shape index (κ2) is 4.26. The van der Waals surface area contributed by atoms with Crippen LogP contribution in [-0.4, -0.2) is 20.5 Å². The van der Waals surface area contributed by atoms with Crippen LogP contribution < -0.4 is 9.88 Å². The lowest BCUT2D eigenvalue weighted by atomic mass is 10.2. The number of hydrogen-bond acceptors (Lipinski definition) is 4. The maximum absolute atomic E-state index is 13.0. The van der Waals surface area contributed by atoms with Crippen LogP contribution in [0.5, 0.6) is 5.75 Å². The first-order valence-electron chi connectivity index (χ1n) is 3.82. The van der Waals surface area contributed by atoms with Crippen LogP contribution >= 0.6 is 0 Å². The van der Waals surface area contributed by atoms with E-state index in [-0.39, 0.29) is 0 Å². The molecule has 1 heterocycles. The van der Waals surface area contributed by atoms with Crippen molar-refractivity contribution in [3.05, 3.63) is 17.6 Å². The highest BCUT2D eigenvalue weighted by Crippen LogP contribution is 2.34. The molecule has 0 aliphatic heterocycles. The second-order valence-corrected chi connectivity index (χ2v) is 4.18. The van der Waals surface area contributed by atoms with E-state index in [1.807, 2.05) is 0 Å². The predicted octanol–water partition coefficient (Wildman–Crippen LogP) is 0.814. The Kier molecular flexibility index (Phi) is 3.38. The average molecular weight is 256 g/mol. The van der Waals surface area contributed by atoms with Crippen molar-refractivity contribution in [1.82, 2.24) is 4.98 Å². The Morgan fingerprint density at radius 3 is 2.44 bits per heavy atom. The van der Waals surface area contributed by atoms with Crippen molar-refractivity contribution in [3.63, 3.8) is 0 Å². The van der Waals surface area contributed by atoms with Gasteiger partial charge in [0.1, 0.15) is 5.56 Å². The first kappa shape index (κ1) is 12.7. The zero-order valence-electron chi connectivity index (χ0n) is 7.95. The quantitative estimate of drug-likeness (QED) is 0.867. The van der Waals surface area contributed by atoms with Gasteiger partial charge in [0.25, 0.3) is 16.4 Å². The zero-order chi connectivity index (χ0) is 12.5. The third kappa shape index (κ3) is 2.25. The number of hydrogen-bond donors (Lipinski definition) is 1. The molecule has 0 saturated heterocycles. The molecule has 0 spiro atoms. The van der Waals surface area contributed by atoms with Gasteiger partial charge in [0.15, 0.2) is 16.6 Å². The first-order chi connectivity index (χ1) is 7.29. The molecule has 0 unspecified atom stereocenters. The highest BCUT2D eigenvalue weighted by molar-refractivity contribution is 7.89. The lowest BCUT2D eigenvalue weighted by Crippen LogP contribution is -2.18. The fraction of sp³-hybridized carbons (Fsp3) is 0.286. The summed E-state index contributed by atoms with van der Waals surface area (Å²) < 4.78 is 64.4. The largest absolute Gasteiger partial charge is 0.493 e. The summed E-state index contributed by atoms with van der Waals surface area (Å²) in [6.45, 7) is 0. The SMILES string of the molecule is COc1c(F)cnc(S(N)(=O)=O)c1C(F)F. The lowest BCUT2D eigenvalue weighted by Gasteiger charge is -2.11. The number of primary sulfonamides is 1. The van der Waals surface area contributed by atoms with Crippen LogP contribution in [0.4, 0.5) is 13.2 Å². The van der Waals surface area contributed by atoms with Crippen LogP contribution in [0.3, 0.4) is 0 Å². The van der Waals surface area contributed by atoms with Gasteiger partial charge in [-0.2, -0.15) is 0 Å². The average Bonchev–Trinajstić information content (AvgIpc) is 2.14. The highest BCUT2D eigenvalue weighted by atomic mass is 32.2. The Morgan fingerprint density at radius 1 is 1.50 bits per heavy atom. The van der Waals surface area contributed by atoms with Crippen molar-refractivity contribution in [1.29, 1.82) is 0 Å². The van der Waals surface area contributed by atoms with Gasteiger partial charge >= 0.3 is 0 Å². The lowest BCUT2D eigenvalue weighted by molar-refractivity contribution is 0.141. The number of sulfonamides is 1. The Balaban J connectivity index is 3.65. The van der Waals surface area contributed by atoms with Crippen LogP contribution in [-0.2, 0) is 10.0 Å². The van der Waals surface area contributed by atoms with Gasteiger partial charge in [0.2, 0.25) is 0 Å². The summed E-state index contributed by atoms with van der Waals surface area (Å²) in [5, 5.41) is 3.57. The van der Waals surface area contributed by atoms with Crippen molar-refractivity contribution < 1.29 is 26.3 Å². The van der Waals surface area contributed by atoms with E-state index in [0.717, 1.165) is 7.11 Å². The summed E-state index contributed by atoms with van der Waals surface area (Å²) in [7, 11) is -3.54. The van der Waals surface area contributed by atoms with Gasteiger partial charge in [-0.05, 0) is 0 Å². The summed E-state index contributed by atoms with van der Waals surface area (Å²) in [5.74, 6) is -2.07. The van der Waals surface area contributed by atoms with Gasteiger partial charge in [-0.25, -0.2) is 31.7 Å². The minimum atomic E-state index is -4.47. The molecule has 0 aliphatic rings. The van der Waals surface area contributed by atoms with Crippen molar-refractivity contribution in [3.8, 4) is 5.75 Å². The molecule has 0 saturated carbocycles. The fourth-order valence-electron chi connectivity index (χ4n) is 1.10. The molecular weight excluding hydrogens is 249 g/mol. The third-order valence-electron chi connectivity index (χ3n) is 1.68. The van der Waals surface area contributed by atoms with E-state index < -0.39 is 38.6 Å². The molecule has 2 N–H and O–H groups in total. The molecule has 5 nitrogen and oxygen atoms in total. The molecule has 0 radical (unpaired) electrons. The van der Waals surface area contributed by atoms with Gasteiger partial charge in [-0.1, -0.05) is 0 Å². The highest BCUT2D eigenvalue weighted by Gasteiger charge is 2.29. The van der Waals surface area contributed by atoms with E-state index in [1.54, 1.807) is 0 Å². The predicted molar refractivity (Wildman–Crippen MR) is 47.1 cm³/mol. The van der Waals surface area contributed by atoms with Crippen LogP contribution in [0.1, 0.15) is 12.0 Å². The number of nitrogens with zero attached hydrogens (tertiary/aromatic N) is 1. The molecule has 16 heavy (non-hydrogen) atoms. The van der Waals surface area contributed by atoms with E-state index in [4.69, 9.17) is 0 Å². The topological polar surface area (TPSA) is 82.3 Å². The summed E-state index contributed by atoms with van der Waals surface area (Å²) in [5.41, 5.74) is -1.18. The van der Waals surface area contributed by atoms with Crippen LogP contribution in [0.25, 0.3) is 0 Å². The van der Waals surface area contributed by atoms with Gasteiger partial charge in [-0.15, -0.1) is 0 Å². The molecule has 0 aromatic carbocycles. The summed E-state index contributed by atoms with van der Waals surface area (Å²) >= 11 is 0. The number of pyridine rings is 1. The summed E-state index contributed by atoms with van der Waals surface area (Å²) in [4.78, 5) is 3.03. The molecule has 90 valence electrons. The maximum atomic E-state index is 13.0. The monoisotopic (exact) mass is 256 g/mol. The summed E-state index contributed by atoms with van der Waals surface area (Å²) in [6.07, 6.45) is -2.82. The van der Waals surface area contributed by atoms with Gasteiger partial charge < -0.3 is 4.74 Å². The third-order valence-corrected chi connectivity index (χ3v) is 2.54. The van der Waals surface area contributed by atoms with E-state index in [0.29, 0.717) is 6.20 Å². The normalized spacial score (nSPS) is 11.9. The molecule has 0 fully saturated rings. The number of halogens is 3. The maximum Gasteiger partial charge on any atom is 0.270 e. The number of methoxy groups -OCH3 is 1. The Hall–Kier alpha value is -1.35. The van der Waals surface area contributed by atoms with E-state index in [9.17, 15) is 21.6 Å².